The fraction of sp³-hybridized carbons (Fsp3) is 0.600. The van der Waals surface area contributed by atoms with Gasteiger partial charge in [0, 0.05) is 12.6 Å². The standard InChI is InChI=1S/C15H21N3O5/c1-9(2)8-22-15(21)23-13-11(19)7-16-18-6-5-17(10(3)4)14(20)12(13)18/h7,9-10H,5-6,8H2,1-4H3. The van der Waals surface area contributed by atoms with Crippen LogP contribution in [-0.4, -0.2) is 45.9 Å². The predicted molar refractivity (Wildman–Crippen MR) is 81.5 cm³/mol. The average molecular weight is 323 g/mol. The molecule has 1 aromatic heterocycles. The molecular weight excluding hydrogens is 302 g/mol. The molecule has 23 heavy (non-hydrogen) atoms. The first kappa shape index (κ1) is 17.0. The molecule has 0 saturated carbocycles. The summed E-state index contributed by atoms with van der Waals surface area (Å²) in [5.74, 6) is -0.583. The Bertz CT molecular complexity index is 666. The van der Waals surface area contributed by atoms with Crippen LogP contribution in [0.5, 0.6) is 5.75 Å². The molecule has 8 heteroatoms. The lowest BCUT2D eigenvalue weighted by atomic mass is 10.2. The molecule has 0 N–H and O–H groups in total. The first-order chi connectivity index (χ1) is 10.8. The number of hydrogen-bond donors (Lipinski definition) is 0. The molecule has 0 radical (unpaired) electrons. The van der Waals surface area contributed by atoms with Crippen LogP contribution in [0.1, 0.15) is 38.2 Å². The minimum absolute atomic E-state index is 0.0149. The highest BCUT2D eigenvalue weighted by atomic mass is 16.7. The predicted octanol–water partition coefficient (Wildman–Crippen LogP) is 1.28. The van der Waals surface area contributed by atoms with Crippen molar-refractivity contribution in [3.63, 3.8) is 0 Å². The van der Waals surface area contributed by atoms with Gasteiger partial charge in [-0.05, 0) is 19.8 Å². The van der Waals surface area contributed by atoms with Crippen LogP contribution in [0.25, 0.3) is 0 Å². The van der Waals surface area contributed by atoms with Gasteiger partial charge in [0.1, 0.15) is 0 Å². The molecule has 0 saturated heterocycles. The van der Waals surface area contributed by atoms with Gasteiger partial charge in [0.15, 0.2) is 5.69 Å². The van der Waals surface area contributed by atoms with Crippen LogP contribution in [-0.2, 0) is 11.3 Å². The normalized spacial score (nSPS) is 14.2. The van der Waals surface area contributed by atoms with E-state index in [1.54, 1.807) is 4.90 Å². The molecule has 1 aliphatic heterocycles. The first-order valence-electron chi connectivity index (χ1n) is 7.57. The second kappa shape index (κ2) is 6.80. The van der Waals surface area contributed by atoms with E-state index in [9.17, 15) is 14.4 Å². The van der Waals surface area contributed by atoms with Gasteiger partial charge in [-0.1, -0.05) is 13.8 Å². The Morgan fingerprint density at radius 1 is 1.26 bits per heavy atom. The number of fused-ring (bicyclic) bond motifs is 1. The van der Waals surface area contributed by atoms with E-state index in [4.69, 9.17) is 9.47 Å². The van der Waals surface area contributed by atoms with Crippen LogP contribution in [0.2, 0.25) is 0 Å². The Hall–Kier alpha value is -2.38. The third-order valence-electron chi connectivity index (χ3n) is 3.37. The van der Waals surface area contributed by atoms with Crippen LogP contribution in [0.15, 0.2) is 11.0 Å². The molecule has 0 spiro atoms. The number of ether oxygens (including phenoxy) is 2. The zero-order valence-corrected chi connectivity index (χ0v) is 13.7. The average Bonchev–Trinajstić information content (AvgIpc) is 2.48. The SMILES string of the molecule is CC(C)COC(=O)Oc1c2n(ncc1=O)CCN(C(C)C)C2=O. The van der Waals surface area contributed by atoms with Crippen LogP contribution in [0.4, 0.5) is 4.79 Å². The van der Waals surface area contributed by atoms with E-state index in [2.05, 4.69) is 5.10 Å². The van der Waals surface area contributed by atoms with Crippen LogP contribution < -0.4 is 10.2 Å². The zero-order valence-electron chi connectivity index (χ0n) is 13.7. The summed E-state index contributed by atoms with van der Waals surface area (Å²) in [4.78, 5) is 37.9. The molecule has 126 valence electrons. The van der Waals surface area contributed by atoms with Gasteiger partial charge in [-0.2, -0.15) is 5.10 Å². The van der Waals surface area contributed by atoms with Gasteiger partial charge < -0.3 is 14.4 Å². The monoisotopic (exact) mass is 323 g/mol. The lowest BCUT2D eigenvalue weighted by Crippen LogP contribution is -2.46. The minimum atomic E-state index is -1.00. The van der Waals surface area contributed by atoms with Crippen molar-refractivity contribution < 1.29 is 19.1 Å². The van der Waals surface area contributed by atoms with Crippen molar-refractivity contribution in [2.45, 2.75) is 40.3 Å². The van der Waals surface area contributed by atoms with Crippen molar-refractivity contribution in [2.75, 3.05) is 13.2 Å². The van der Waals surface area contributed by atoms with Gasteiger partial charge in [0.2, 0.25) is 11.2 Å². The molecule has 0 unspecified atom stereocenters. The maximum absolute atomic E-state index is 12.6. The Kier molecular flexibility index (Phi) is 5.02. The summed E-state index contributed by atoms with van der Waals surface area (Å²) in [6.07, 6.45) is 0.0339. The highest BCUT2D eigenvalue weighted by Crippen LogP contribution is 2.20. The second-order valence-corrected chi connectivity index (χ2v) is 6.06. The summed E-state index contributed by atoms with van der Waals surface area (Å²) in [5, 5.41) is 3.93. The second-order valence-electron chi connectivity index (χ2n) is 6.06. The fourth-order valence-corrected chi connectivity index (χ4v) is 2.23. The maximum atomic E-state index is 12.6. The topological polar surface area (TPSA) is 90.7 Å². The third-order valence-corrected chi connectivity index (χ3v) is 3.37. The van der Waals surface area contributed by atoms with Gasteiger partial charge in [-0.3, -0.25) is 14.3 Å². The number of rotatable bonds is 4. The minimum Gasteiger partial charge on any atom is -0.434 e. The Labute approximate surface area is 134 Å². The van der Waals surface area contributed by atoms with Gasteiger partial charge in [0.25, 0.3) is 5.91 Å². The molecule has 0 aromatic carbocycles. The molecule has 0 fully saturated rings. The van der Waals surface area contributed by atoms with Crippen LogP contribution in [0, 0.1) is 5.92 Å². The summed E-state index contributed by atoms with van der Waals surface area (Å²) in [7, 11) is 0. The molecule has 1 amide bonds. The smallest absolute Gasteiger partial charge is 0.434 e. The van der Waals surface area contributed by atoms with E-state index < -0.39 is 11.6 Å². The molecule has 0 bridgehead atoms. The van der Waals surface area contributed by atoms with Crippen molar-refractivity contribution in [3.8, 4) is 5.75 Å². The number of aromatic nitrogens is 2. The summed E-state index contributed by atoms with van der Waals surface area (Å²) in [6.45, 7) is 8.58. The van der Waals surface area contributed by atoms with E-state index in [0.717, 1.165) is 6.20 Å². The van der Waals surface area contributed by atoms with E-state index in [0.29, 0.717) is 13.1 Å². The molecule has 0 atom stereocenters. The van der Waals surface area contributed by atoms with E-state index >= 15 is 0 Å². The lowest BCUT2D eigenvalue weighted by Gasteiger charge is -2.32. The van der Waals surface area contributed by atoms with Crippen LogP contribution >= 0.6 is 0 Å². The van der Waals surface area contributed by atoms with Gasteiger partial charge in [-0.25, -0.2) is 4.79 Å². The molecule has 1 aromatic rings. The van der Waals surface area contributed by atoms with E-state index in [1.165, 1.54) is 4.68 Å². The van der Waals surface area contributed by atoms with E-state index in [1.807, 2.05) is 27.7 Å². The van der Waals surface area contributed by atoms with Crippen molar-refractivity contribution in [1.82, 2.24) is 14.7 Å². The van der Waals surface area contributed by atoms with Crippen molar-refractivity contribution in [1.29, 1.82) is 0 Å². The number of carbonyl (C=O) groups is 2. The summed E-state index contributed by atoms with van der Waals surface area (Å²) >= 11 is 0. The number of hydrogen-bond acceptors (Lipinski definition) is 6. The molecule has 0 aliphatic carbocycles. The maximum Gasteiger partial charge on any atom is 0.514 e. The van der Waals surface area contributed by atoms with Gasteiger partial charge in [-0.15, -0.1) is 0 Å². The Balaban J connectivity index is 2.32. The van der Waals surface area contributed by atoms with Gasteiger partial charge in [0.05, 0.1) is 19.3 Å². The number of carbonyl (C=O) groups excluding carboxylic acids is 2. The summed E-state index contributed by atoms with van der Waals surface area (Å²) < 4.78 is 11.3. The molecule has 8 nitrogen and oxygen atoms in total. The molecule has 2 rings (SSSR count). The lowest BCUT2D eigenvalue weighted by molar-refractivity contribution is 0.0620. The van der Waals surface area contributed by atoms with E-state index in [-0.39, 0.29) is 35.9 Å². The fourth-order valence-electron chi connectivity index (χ4n) is 2.23. The Morgan fingerprint density at radius 2 is 1.96 bits per heavy atom. The summed E-state index contributed by atoms with van der Waals surface area (Å²) in [5.41, 5.74) is -0.643. The van der Waals surface area contributed by atoms with Crippen molar-refractivity contribution in [2.24, 2.45) is 5.92 Å². The number of nitrogens with zero attached hydrogens (tertiary/aromatic N) is 3. The van der Waals surface area contributed by atoms with Crippen molar-refractivity contribution in [3.05, 3.63) is 22.1 Å². The quantitative estimate of drug-likeness (QED) is 0.775. The highest BCUT2D eigenvalue weighted by molar-refractivity contribution is 5.96. The largest absolute Gasteiger partial charge is 0.514 e. The third kappa shape index (κ3) is 3.69. The van der Waals surface area contributed by atoms with Gasteiger partial charge >= 0.3 is 6.16 Å². The summed E-state index contributed by atoms with van der Waals surface area (Å²) in [6, 6.07) is -0.0349. The molecular formula is C15H21N3O5. The Morgan fingerprint density at radius 3 is 2.57 bits per heavy atom. The zero-order chi connectivity index (χ0) is 17.1. The van der Waals surface area contributed by atoms with Crippen LogP contribution in [0.3, 0.4) is 0 Å². The first-order valence-corrected chi connectivity index (χ1v) is 7.57. The van der Waals surface area contributed by atoms with Crippen molar-refractivity contribution >= 4 is 12.1 Å². The molecule has 1 aliphatic rings. The number of amides is 1. The highest BCUT2D eigenvalue weighted by Gasteiger charge is 2.32. The molecule has 2 heterocycles.